The van der Waals surface area contributed by atoms with Gasteiger partial charge in [0, 0.05) is 11.1 Å². The first kappa shape index (κ1) is 14.3. The summed E-state index contributed by atoms with van der Waals surface area (Å²) in [6.07, 6.45) is 0.705. The Balaban J connectivity index is 2.70. The average molecular weight is 295 g/mol. The zero-order valence-corrected chi connectivity index (χ0v) is 11.7. The third-order valence-electron chi connectivity index (χ3n) is 2.87. The van der Waals surface area contributed by atoms with Crippen LogP contribution in [-0.4, -0.2) is 20.5 Å². The number of carbonyl (C=O) groups is 1. The second-order valence-electron chi connectivity index (χ2n) is 4.05. The van der Waals surface area contributed by atoms with Crippen molar-refractivity contribution in [3.63, 3.8) is 0 Å². The molecule has 104 valence electrons. The molecule has 0 aliphatic rings. The van der Waals surface area contributed by atoms with E-state index >= 15 is 0 Å². The Morgan fingerprint density at radius 2 is 1.90 bits per heavy atom. The molecule has 0 fully saturated rings. The third-order valence-corrected chi connectivity index (χ3v) is 3.16. The first-order chi connectivity index (χ1) is 9.60. The molecule has 0 radical (unpaired) electrons. The van der Waals surface area contributed by atoms with Gasteiger partial charge in [0.15, 0.2) is 11.5 Å². The lowest BCUT2D eigenvalue weighted by molar-refractivity contribution is 0.112. The fourth-order valence-corrected chi connectivity index (χ4v) is 2.11. The van der Waals surface area contributed by atoms with Crippen LogP contribution in [0.3, 0.4) is 0 Å². The maximum atomic E-state index is 13.2. The molecule has 0 saturated carbocycles. The predicted octanol–water partition coefficient (Wildman–Crippen LogP) is 3.98. The minimum absolute atomic E-state index is 0.0000241. The van der Waals surface area contributed by atoms with Crippen LogP contribution in [0.1, 0.15) is 10.4 Å². The Morgan fingerprint density at radius 3 is 2.45 bits per heavy atom. The second kappa shape index (κ2) is 5.92. The molecular weight excluding hydrogens is 283 g/mol. The predicted molar refractivity (Wildman–Crippen MR) is 75.3 cm³/mol. The highest BCUT2D eigenvalue weighted by Crippen LogP contribution is 2.39. The Bertz CT molecular complexity index is 656. The molecule has 3 nitrogen and oxygen atoms in total. The Kier molecular flexibility index (Phi) is 4.25. The Morgan fingerprint density at radius 1 is 1.15 bits per heavy atom. The van der Waals surface area contributed by atoms with Crippen LogP contribution >= 0.6 is 11.6 Å². The van der Waals surface area contributed by atoms with Gasteiger partial charge in [-0.3, -0.25) is 4.79 Å². The number of benzene rings is 2. The van der Waals surface area contributed by atoms with Gasteiger partial charge in [-0.05, 0) is 29.8 Å². The number of hydrogen-bond donors (Lipinski definition) is 0. The molecule has 0 saturated heterocycles. The van der Waals surface area contributed by atoms with Crippen molar-refractivity contribution in [2.45, 2.75) is 0 Å². The highest BCUT2D eigenvalue weighted by atomic mass is 35.5. The number of methoxy groups -OCH3 is 2. The number of ether oxygens (including phenoxy) is 2. The van der Waals surface area contributed by atoms with Crippen LogP contribution in [0.5, 0.6) is 11.5 Å². The number of aldehydes is 1. The van der Waals surface area contributed by atoms with Crippen molar-refractivity contribution in [2.24, 2.45) is 0 Å². The molecule has 0 bridgehead atoms. The molecule has 0 aliphatic heterocycles. The van der Waals surface area contributed by atoms with Gasteiger partial charge in [-0.2, -0.15) is 0 Å². The van der Waals surface area contributed by atoms with Crippen molar-refractivity contribution in [1.29, 1.82) is 0 Å². The summed E-state index contributed by atoms with van der Waals surface area (Å²) in [7, 11) is 2.97. The molecule has 0 aromatic heterocycles. The van der Waals surface area contributed by atoms with Crippen molar-refractivity contribution in [3.05, 3.63) is 46.7 Å². The summed E-state index contributed by atoms with van der Waals surface area (Å²) in [6, 6.07) is 7.51. The summed E-state index contributed by atoms with van der Waals surface area (Å²) in [5.74, 6) is 0.376. The zero-order chi connectivity index (χ0) is 14.7. The van der Waals surface area contributed by atoms with E-state index in [4.69, 9.17) is 21.1 Å². The van der Waals surface area contributed by atoms with E-state index < -0.39 is 5.82 Å². The molecule has 0 amide bonds. The lowest BCUT2D eigenvalue weighted by atomic mass is 10.0. The lowest BCUT2D eigenvalue weighted by Gasteiger charge is -2.14. The van der Waals surface area contributed by atoms with E-state index in [0.717, 1.165) is 0 Å². The molecule has 2 aromatic rings. The van der Waals surface area contributed by atoms with Crippen LogP contribution in [-0.2, 0) is 0 Å². The summed E-state index contributed by atoms with van der Waals surface area (Å²) in [5, 5.41) is 0.0000241. The summed E-state index contributed by atoms with van der Waals surface area (Å²) < 4.78 is 23.8. The van der Waals surface area contributed by atoms with Gasteiger partial charge < -0.3 is 9.47 Å². The van der Waals surface area contributed by atoms with Crippen molar-refractivity contribution in [2.75, 3.05) is 14.2 Å². The second-order valence-corrected chi connectivity index (χ2v) is 4.46. The first-order valence-corrected chi connectivity index (χ1v) is 6.15. The highest BCUT2D eigenvalue weighted by Gasteiger charge is 2.15. The molecule has 20 heavy (non-hydrogen) atoms. The van der Waals surface area contributed by atoms with E-state index in [0.29, 0.717) is 34.5 Å². The van der Waals surface area contributed by atoms with Gasteiger partial charge in [0.1, 0.15) is 12.1 Å². The van der Waals surface area contributed by atoms with Crippen LogP contribution in [0.15, 0.2) is 30.3 Å². The van der Waals surface area contributed by atoms with Gasteiger partial charge >= 0.3 is 0 Å². The van der Waals surface area contributed by atoms with Crippen LogP contribution in [0.4, 0.5) is 4.39 Å². The molecule has 2 rings (SSSR count). The molecule has 0 heterocycles. The molecule has 0 unspecified atom stereocenters. The van der Waals surface area contributed by atoms with E-state index in [1.807, 2.05) is 0 Å². The highest BCUT2D eigenvalue weighted by molar-refractivity contribution is 6.31. The van der Waals surface area contributed by atoms with Gasteiger partial charge in [0.25, 0.3) is 0 Å². The smallest absolute Gasteiger partial charge is 0.168 e. The minimum atomic E-state index is -0.507. The van der Waals surface area contributed by atoms with E-state index in [1.165, 1.54) is 26.4 Å². The van der Waals surface area contributed by atoms with Gasteiger partial charge in [0.05, 0.1) is 19.2 Å². The van der Waals surface area contributed by atoms with E-state index in [2.05, 4.69) is 0 Å². The lowest BCUT2D eigenvalue weighted by Crippen LogP contribution is -1.96. The van der Waals surface area contributed by atoms with Crippen molar-refractivity contribution in [3.8, 4) is 22.6 Å². The zero-order valence-electron chi connectivity index (χ0n) is 10.9. The third kappa shape index (κ3) is 2.60. The maximum Gasteiger partial charge on any atom is 0.168 e. The number of rotatable bonds is 4. The van der Waals surface area contributed by atoms with Crippen LogP contribution in [0, 0.1) is 5.82 Å². The summed E-state index contributed by atoms with van der Waals surface area (Å²) in [6.45, 7) is 0. The van der Waals surface area contributed by atoms with Crippen LogP contribution in [0.25, 0.3) is 11.1 Å². The molecule has 0 N–H and O–H groups in total. The average Bonchev–Trinajstić information content (AvgIpc) is 2.48. The van der Waals surface area contributed by atoms with E-state index in [9.17, 15) is 9.18 Å². The van der Waals surface area contributed by atoms with Crippen molar-refractivity contribution in [1.82, 2.24) is 0 Å². The number of carbonyl (C=O) groups excluding carboxylic acids is 1. The fourth-order valence-electron chi connectivity index (χ4n) is 1.93. The van der Waals surface area contributed by atoms with Gasteiger partial charge in [-0.25, -0.2) is 4.39 Å². The molecular formula is C15H12ClFO3. The summed E-state index contributed by atoms with van der Waals surface area (Å²) >= 11 is 5.79. The molecule has 0 aliphatic carbocycles. The van der Waals surface area contributed by atoms with Crippen LogP contribution < -0.4 is 9.47 Å². The van der Waals surface area contributed by atoms with Crippen LogP contribution in [0.2, 0.25) is 5.02 Å². The van der Waals surface area contributed by atoms with Gasteiger partial charge in [-0.1, -0.05) is 17.7 Å². The molecule has 0 spiro atoms. The number of hydrogen-bond acceptors (Lipinski definition) is 3. The Labute approximate surface area is 120 Å². The topological polar surface area (TPSA) is 35.5 Å². The standard InChI is InChI=1S/C15H12ClFO3/c1-19-14-6-9(8-18)5-11(15(14)20-2)10-3-4-13(17)12(16)7-10/h3-8H,1-2H3. The van der Waals surface area contributed by atoms with Crippen molar-refractivity contribution >= 4 is 17.9 Å². The molecule has 5 heteroatoms. The monoisotopic (exact) mass is 294 g/mol. The SMILES string of the molecule is COc1cc(C=O)cc(-c2ccc(F)c(Cl)c2)c1OC. The quantitative estimate of drug-likeness (QED) is 0.800. The molecule has 2 aromatic carbocycles. The normalized spacial score (nSPS) is 10.2. The summed E-state index contributed by atoms with van der Waals surface area (Å²) in [4.78, 5) is 11.0. The van der Waals surface area contributed by atoms with E-state index in [1.54, 1.807) is 18.2 Å². The van der Waals surface area contributed by atoms with E-state index in [-0.39, 0.29) is 5.02 Å². The van der Waals surface area contributed by atoms with Crippen molar-refractivity contribution < 1.29 is 18.7 Å². The fraction of sp³-hybridized carbons (Fsp3) is 0.133. The maximum absolute atomic E-state index is 13.2. The minimum Gasteiger partial charge on any atom is -0.493 e. The Hall–Kier alpha value is -2.07. The first-order valence-electron chi connectivity index (χ1n) is 5.77. The number of halogens is 2. The van der Waals surface area contributed by atoms with Gasteiger partial charge in [-0.15, -0.1) is 0 Å². The van der Waals surface area contributed by atoms with Gasteiger partial charge in [0.2, 0.25) is 0 Å². The largest absolute Gasteiger partial charge is 0.493 e. The molecule has 0 atom stereocenters. The summed E-state index contributed by atoms with van der Waals surface area (Å²) in [5.41, 5.74) is 1.67.